The molecular weight excluding hydrogens is 277 g/mol. The molecule has 0 spiro atoms. The summed E-state index contributed by atoms with van der Waals surface area (Å²) in [7, 11) is 0. The van der Waals surface area contributed by atoms with Gasteiger partial charge in [-0.15, -0.1) is 0 Å². The maximum atomic E-state index is 8.89. The summed E-state index contributed by atoms with van der Waals surface area (Å²) in [6.45, 7) is 4.19. The molecule has 3 heteroatoms. The van der Waals surface area contributed by atoms with E-state index in [0.29, 0.717) is 0 Å². The zero-order valence-electron chi connectivity index (χ0n) is 7.84. The van der Waals surface area contributed by atoms with E-state index in [4.69, 9.17) is 5.11 Å². The molecule has 1 aromatic carbocycles. The molecule has 72 valence electrons. The van der Waals surface area contributed by atoms with Gasteiger partial charge in [0.05, 0.1) is 6.61 Å². The van der Waals surface area contributed by atoms with Crippen molar-refractivity contribution in [2.24, 2.45) is 0 Å². The maximum absolute atomic E-state index is 8.89. The summed E-state index contributed by atoms with van der Waals surface area (Å²) < 4.78 is 1.24. The van der Waals surface area contributed by atoms with Crippen molar-refractivity contribution in [3.63, 3.8) is 0 Å². The Labute approximate surface area is 92.5 Å². The lowest BCUT2D eigenvalue weighted by molar-refractivity contribution is 0.281. The minimum Gasteiger partial charge on any atom is -0.394 e. The zero-order valence-corrected chi connectivity index (χ0v) is 10.00. The molecule has 0 aliphatic heterocycles. The topological polar surface area (TPSA) is 32.3 Å². The van der Waals surface area contributed by atoms with Crippen molar-refractivity contribution < 1.29 is 5.11 Å². The number of aliphatic hydroxyl groups is 1. The number of halogens is 1. The van der Waals surface area contributed by atoms with Gasteiger partial charge >= 0.3 is 0 Å². The van der Waals surface area contributed by atoms with E-state index in [0.717, 1.165) is 5.69 Å². The first-order valence-corrected chi connectivity index (χ1v) is 5.35. The van der Waals surface area contributed by atoms with Gasteiger partial charge in [0.2, 0.25) is 0 Å². The van der Waals surface area contributed by atoms with Crippen LogP contribution in [0.2, 0.25) is 0 Å². The minimum absolute atomic E-state index is 0.108. The number of hydrogen-bond acceptors (Lipinski definition) is 2. The Morgan fingerprint density at radius 3 is 2.85 bits per heavy atom. The summed E-state index contributed by atoms with van der Waals surface area (Å²) in [5.41, 5.74) is 2.34. The second-order valence-corrected chi connectivity index (χ2v) is 4.30. The second-order valence-electron chi connectivity index (χ2n) is 3.14. The third-order valence-corrected chi connectivity index (χ3v) is 3.11. The van der Waals surface area contributed by atoms with Crippen LogP contribution in [0.3, 0.4) is 0 Å². The van der Waals surface area contributed by atoms with E-state index in [1.165, 1.54) is 9.13 Å². The molecule has 1 rings (SSSR count). The normalized spacial score (nSPS) is 12.6. The lowest BCUT2D eigenvalue weighted by atomic mass is 10.2. The smallest absolute Gasteiger partial charge is 0.0630 e. The summed E-state index contributed by atoms with van der Waals surface area (Å²) in [4.78, 5) is 0. The molecule has 1 aromatic rings. The third-order valence-electron chi connectivity index (χ3n) is 1.94. The zero-order chi connectivity index (χ0) is 9.84. The van der Waals surface area contributed by atoms with Crippen molar-refractivity contribution in [1.29, 1.82) is 0 Å². The average Bonchev–Trinajstić information content (AvgIpc) is 2.13. The molecule has 0 amide bonds. The van der Waals surface area contributed by atoms with Gasteiger partial charge in [-0.25, -0.2) is 0 Å². The van der Waals surface area contributed by atoms with Gasteiger partial charge in [-0.3, -0.25) is 0 Å². The monoisotopic (exact) mass is 291 g/mol. The van der Waals surface area contributed by atoms with Crippen LogP contribution in [0, 0.1) is 10.5 Å². The predicted molar refractivity (Wildman–Crippen MR) is 64.1 cm³/mol. The average molecular weight is 291 g/mol. The van der Waals surface area contributed by atoms with Gasteiger partial charge in [0.1, 0.15) is 0 Å². The summed E-state index contributed by atoms with van der Waals surface area (Å²) in [6.07, 6.45) is 0. The Balaban J connectivity index is 2.83. The number of aliphatic hydroxyl groups excluding tert-OH is 1. The number of hydrogen-bond donors (Lipinski definition) is 2. The van der Waals surface area contributed by atoms with Gasteiger partial charge in [0, 0.05) is 15.3 Å². The molecule has 1 unspecified atom stereocenters. The molecule has 0 radical (unpaired) electrons. The highest BCUT2D eigenvalue weighted by molar-refractivity contribution is 14.1. The summed E-state index contributed by atoms with van der Waals surface area (Å²) in [6, 6.07) is 6.23. The van der Waals surface area contributed by atoms with Crippen LogP contribution in [-0.2, 0) is 0 Å². The molecule has 0 heterocycles. The van der Waals surface area contributed by atoms with Gasteiger partial charge < -0.3 is 10.4 Å². The fourth-order valence-corrected chi connectivity index (χ4v) is 1.57. The molecule has 0 saturated carbocycles. The number of anilines is 1. The van der Waals surface area contributed by atoms with Crippen LogP contribution in [-0.4, -0.2) is 17.8 Å². The van der Waals surface area contributed by atoms with Crippen molar-refractivity contribution in [2.45, 2.75) is 19.9 Å². The molecule has 0 aliphatic rings. The lowest BCUT2D eigenvalue weighted by Crippen LogP contribution is -2.19. The molecule has 0 fully saturated rings. The molecule has 2 nitrogen and oxygen atoms in total. The SMILES string of the molecule is Cc1c(I)cccc1NC(C)CO. The molecule has 0 bridgehead atoms. The highest BCUT2D eigenvalue weighted by Crippen LogP contribution is 2.20. The van der Waals surface area contributed by atoms with Crippen LogP contribution in [0.25, 0.3) is 0 Å². The van der Waals surface area contributed by atoms with Crippen LogP contribution in [0.15, 0.2) is 18.2 Å². The van der Waals surface area contributed by atoms with Gasteiger partial charge in [-0.1, -0.05) is 6.07 Å². The van der Waals surface area contributed by atoms with Gasteiger partial charge in [-0.2, -0.15) is 0 Å². The Bertz CT molecular complexity index is 288. The Hall–Kier alpha value is -0.290. The van der Waals surface area contributed by atoms with Gasteiger partial charge in [-0.05, 0) is 54.1 Å². The highest BCUT2D eigenvalue weighted by atomic mass is 127. The van der Waals surface area contributed by atoms with E-state index in [-0.39, 0.29) is 12.6 Å². The van der Waals surface area contributed by atoms with Crippen molar-refractivity contribution in [3.8, 4) is 0 Å². The number of nitrogens with one attached hydrogen (secondary N) is 1. The van der Waals surface area contributed by atoms with E-state index in [2.05, 4.69) is 40.9 Å². The molecular formula is C10H14INO. The van der Waals surface area contributed by atoms with Crippen molar-refractivity contribution in [3.05, 3.63) is 27.3 Å². The first-order valence-electron chi connectivity index (χ1n) is 4.27. The van der Waals surface area contributed by atoms with Crippen LogP contribution >= 0.6 is 22.6 Å². The maximum Gasteiger partial charge on any atom is 0.0630 e. The van der Waals surface area contributed by atoms with Crippen LogP contribution < -0.4 is 5.32 Å². The summed E-state index contributed by atoms with van der Waals surface area (Å²) in [5.74, 6) is 0. The van der Waals surface area contributed by atoms with Crippen molar-refractivity contribution in [2.75, 3.05) is 11.9 Å². The fourth-order valence-electron chi connectivity index (χ4n) is 1.07. The number of rotatable bonds is 3. The van der Waals surface area contributed by atoms with Crippen LogP contribution in [0.5, 0.6) is 0 Å². The van der Waals surface area contributed by atoms with Crippen LogP contribution in [0.1, 0.15) is 12.5 Å². The molecule has 1 atom stereocenters. The molecule has 0 saturated heterocycles. The minimum atomic E-state index is 0.108. The Kier molecular flexibility index (Phi) is 3.99. The van der Waals surface area contributed by atoms with E-state index in [1.54, 1.807) is 0 Å². The molecule has 13 heavy (non-hydrogen) atoms. The van der Waals surface area contributed by atoms with E-state index in [1.807, 2.05) is 19.1 Å². The van der Waals surface area contributed by atoms with Crippen LogP contribution in [0.4, 0.5) is 5.69 Å². The third kappa shape index (κ3) is 2.84. The van der Waals surface area contributed by atoms with Gasteiger partial charge in [0.25, 0.3) is 0 Å². The summed E-state index contributed by atoms with van der Waals surface area (Å²) in [5, 5.41) is 12.1. The lowest BCUT2D eigenvalue weighted by Gasteiger charge is -2.15. The molecule has 2 N–H and O–H groups in total. The second kappa shape index (κ2) is 4.81. The largest absolute Gasteiger partial charge is 0.394 e. The Morgan fingerprint density at radius 1 is 1.54 bits per heavy atom. The first kappa shape index (κ1) is 10.8. The van der Waals surface area contributed by atoms with E-state index in [9.17, 15) is 0 Å². The Morgan fingerprint density at radius 2 is 2.23 bits per heavy atom. The van der Waals surface area contributed by atoms with Crippen molar-refractivity contribution in [1.82, 2.24) is 0 Å². The number of benzene rings is 1. The highest BCUT2D eigenvalue weighted by Gasteiger charge is 2.03. The standard InChI is InChI=1S/C10H14INO/c1-7(6-13)12-10-5-3-4-9(11)8(10)2/h3-5,7,12-13H,6H2,1-2H3. The van der Waals surface area contributed by atoms with Gasteiger partial charge in [0.15, 0.2) is 0 Å². The molecule has 0 aliphatic carbocycles. The van der Waals surface area contributed by atoms with E-state index >= 15 is 0 Å². The fraction of sp³-hybridized carbons (Fsp3) is 0.400. The summed E-state index contributed by atoms with van der Waals surface area (Å²) >= 11 is 2.31. The first-order chi connectivity index (χ1) is 6.15. The van der Waals surface area contributed by atoms with E-state index < -0.39 is 0 Å². The molecule has 0 aromatic heterocycles. The predicted octanol–water partition coefficient (Wildman–Crippen LogP) is 2.39. The van der Waals surface area contributed by atoms with Crippen molar-refractivity contribution >= 4 is 28.3 Å². The quantitative estimate of drug-likeness (QED) is 0.838.